The molecule has 0 spiro atoms. The lowest BCUT2D eigenvalue weighted by molar-refractivity contribution is 0.0414. The van der Waals surface area contributed by atoms with E-state index in [0.29, 0.717) is 13.2 Å². The lowest BCUT2D eigenvalue weighted by atomic mass is 9.99. The first-order chi connectivity index (χ1) is 9.08. The summed E-state index contributed by atoms with van der Waals surface area (Å²) in [6, 6.07) is 6.59. The van der Waals surface area contributed by atoms with Gasteiger partial charge in [0.05, 0.1) is 24.3 Å². The number of hydrogen-bond donors (Lipinski definition) is 0. The number of carbonyl (C=O) groups excluding carboxylic acids is 2. The van der Waals surface area contributed by atoms with Crippen LogP contribution in [0.4, 0.5) is 0 Å². The van der Waals surface area contributed by atoms with Gasteiger partial charge in [-0.25, -0.2) is 9.59 Å². The summed E-state index contributed by atoms with van der Waals surface area (Å²) in [7, 11) is 0. The van der Waals surface area contributed by atoms with Gasteiger partial charge in [0.2, 0.25) is 0 Å². The highest BCUT2D eigenvalue weighted by Crippen LogP contribution is 2.18. The van der Waals surface area contributed by atoms with Crippen molar-refractivity contribution in [3.63, 3.8) is 0 Å². The standard InChI is InChI=1S/C15H18O4/c1-10-7-11(2)9-19-15(17)13-6-4-3-5-12(13)14(16)18-8-10/h3-6,10-11H,7-9H2,1-2H3. The van der Waals surface area contributed by atoms with Crippen LogP contribution in [0.15, 0.2) is 24.3 Å². The number of esters is 2. The third-order valence-electron chi connectivity index (χ3n) is 3.17. The monoisotopic (exact) mass is 262 g/mol. The van der Waals surface area contributed by atoms with Gasteiger partial charge in [0.25, 0.3) is 0 Å². The SMILES string of the molecule is CC1COC(=O)c2ccccc2C(=O)OCC(C)C1. The maximum Gasteiger partial charge on any atom is 0.339 e. The van der Waals surface area contributed by atoms with Crippen molar-refractivity contribution in [2.75, 3.05) is 13.2 Å². The average molecular weight is 262 g/mol. The van der Waals surface area contributed by atoms with E-state index in [1.807, 2.05) is 13.8 Å². The zero-order valence-corrected chi connectivity index (χ0v) is 11.2. The molecule has 0 saturated heterocycles. The molecular formula is C15H18O4. The Hall–Kier alpha value is -1.84. The first kappa shape index (κ1) is 13.6. The molecule has 0 saturated carbocycles. The molecule has 1 aromatic rings. The second kappa shape index (κ2) is 5.87. The van der Waals surface area contributed by atoms with E-state index in [1.165, 1.54) is 0 Å². The van der Waals surface area contributed by atoms with E-state index in [0.717, 1.165) is 6.42 Å². The molecule has 1 aliphatic rings. The lowest BCUT2D eigenvalue weighted by Crippen LogP contribution is -2.15. The molecule has 0 amide bonds. The third kappa shape index (κ3) is 3.34. The van der Waals surface area contributed by atoms with Crippen molar-refractivity contribution in [1.29, 1.82) is 0 Å². The lowest BCUT2D eigenvalue weighted by Gasteiger charge is -2.15. The van der Waals surface area contributed by atoms with Gasteiger partial charge in [0.15, 0.2) is 0 Å². The molecule has 0 bridgehead atoms. The summed E-state index contributed by atoms with van der Waals surface area (Å²) in [5, 5.41) is 0. The van der Waals surface area contributed by atoms with Crippen LogP contribution in [0.25, 0.3) is 0 Å². The van der Waals surface area contributed by atoms with Crippen LogP contribution >= 0.6 is 0 Å². The van der Waals surface area contributed by atoms with Gasteiger partial charge in [-0.3, -0.25) is 0 Å². The van der Waals surface area contributed by atoms with Crippen LogP contribution in [0.1, 0.15) is 41.0 Å². The normalized spacial score (nSPS) is 24.7. The number of cyclic esters (lactones) is 2. The molecule has 1 heterocycles. The minimum absolute atomic E-state index is 0.253. The number of hydrogen-bond acceptors (Lipinski definition) is 4. The van der Waals surface area contributed by atoms with Crippen molar-refractivity contribution in [3.8, 4) is 0 Å². The van der Waals surface area contributed by atoms with Crippen molar-refractivity contribution >= 4 is 11.9 Å². The van der Waals surface area contributed by atoms with Crippen LogP contribution in [-0.2, 0) is 9.47 Å². The molecule has 102 valence electrons. The first-order valence-corrected chi connectivity index (χ1v) is 6.51. The number of ether oxygens (including phenoxy) is 2. The zero-order chi connectivity index (χ0) is 13.8. The summed E-state index contributed by atoms with van der Waals surface area (Å²) in [6.07, 6.45) is 0.858. The highest BCUT2D eigenvalue weighted by atomic mass is 16.5. The van der Waals surface area contributed by atoms with Crippen molar-refractivity contribution in [2.24, 2.45) is 11.8 Å². The number of fused-ring (bicyclic) bond motifs is 1. The molecule has 0 N–H and O–H groups in total. The van der Waals surface area contributed by atoms with Gasteiger partial charge in [-0.2, -0.15) is 0 Å². The van der Waals surface area contributed by atoms with Crippen molar-refractivity contribution < 1.29 is 19.1 Å². The molecule has 0 aliphatic carbocycles. The Morgan fingerprint density at radius 1 is 0.895 bits per heavy atom. The molecular weight excluding hydrogens is 244 g/mol. The van der Waals surface area contributed by atoms with Crippen LogP contribution in [0.2, 0.25) is 0 Å². The molecule has 19 heavy (non-hydrogen) atoms. The largest absolute Gasteiger partial charge is 0.462 e. The molecule has 0 radical (unpaired) electrons. The molecule has 1 aliphatic heterocycles. The fourth-order valence-electron chi connectivity index (χ4n) is 2.25. The van der Waals surface area contributed by atoms with Crippen LogP contribution in [-0.4, -0.2) is 25.2 Å². The highest BCUT2D eigenvalue weighted by Gasteiger charge is 2.22. The van der Waals surface area contributed by atoms with E-state index >= 15 is 0 Å². The summed E-state index contributed by atoms with van der Waals surface area (Å²) in [5.74, 6) is -0.422. The Balaban J connectivity index is 2.30. The van der Waals surface area contributed by atoms with Crippen LogP contribution < -0.4 is 0 Å². The number of benzene rings is 1. The smallest absolute Gasteiger partial charge is 0.339 e. The maximum absolute atomic E-state index is 12.0. The Morgan fingerprint density at radius 2 is 1.32 bits per heavy atom. The molecule has 2 atom stereocenters. The molecule has 4 heteroatoms. The van der Waals surface area contributed by atoms with Gasteiger partial charge >= 0.3 is 11.9 Å². The fourth-order valence-corrected chi connectivity index (χ4v) is 2.25. The molecule has 0 aromatic heterocycles. The number of rotatable bonds is 0. The van der Waals surface area contributed by atoms with Gasteiger partial charge in [-0.15, -0.1) is 0 Å². The summed E-state index contributed by atoms with van der Waals surface area (Å²) >= 11 is 0. The molecule has 2 rings (SSSR count). The quantitative estimate of drug-likeness (QED) is 0.674. The first-order valence-electron chi connectivity index (χ1n) is 6.51. The predicted molar refractivity (Wildman–Crippen MR) is 70.0 cm³/mol. The highest BCUT2D eigenvalue weighted by molar-refractivity contribution is 6.03. The molecule has 0 fully saturated rings. The minimum Gasteiger partial charge on any atom is -0.462 e. The topological polar surface area (TPSA) is 52.6 Å². The summed E-state index contributed by atoms with van der Waals surface area (Å²) in [6.45, 7) is 4.78. The van der Waals surface area contributed by atoms with Crippen molar-refractivity contribution in [3.05, 3.63) is 35.4 Å². The van der Waals surface area contributed by atoms with E-state index in [-0.39, 0.29) is 23.0 Å². The summed E-state index contributed by atoms with van der Waals surface area (Å²) in [4.78, 5) is 24.0. The Bertz CT molecular complexity index is 438. The van der Waals surface area contributed by atoms with Gasteiger partial charge in [0, 0.05) is 0 Å². The fraction of sp³-hybridized carbons (Fsp3) is 0.467. The van der Waals surface area contributed by atoms with E-state index in [1.54, 1.807) is 24.3 Å². The molecule has 1 aromatic carbocycles. The Morgan fingerprint density at radius 3 is 1.74 bits per heavy atom. The zero-order valence-electron chi connectivity index (χ0n) is 11.2. The van der Waals surface area contributed by atoms with Crippen LogP contribution in [0.5, 0.6) is 0 Å². The minimum atomic E-state index is -0.464. The maximum atomic E-state index is 12.0. The van der Waals surface area contributed by atoms with E-state index < -0.39 is 11.9 Å². The Labute approximate surface area is 112 Å². The van der Waals surface area contributed by atoms with Gasteiger partial charge < -0.3 is 9.47 Å². The Kier molecular flexibility index (Phi) is 4.20. The molecule has 2 unspecified atom stereocenters. The van der Waals surface area contributed by atoms with Gasteiger partial charge in [-0.1, -0.05) is 26.0 Å². The molecule has 4 nitrogen and oxygen atoms in total. The van der Waals surface area contributed by atoms with E-state index in [4.69, 9.17) is 9.47 Å². The van der Waals surface area contributed by atoms with Crippen molar-refractivity contribution in [2.45, 2.75) is 20.3 Å². The third-order valence-corrected chi connectivity index (χ3v) is 3.17. The van der Waals surface area contributed by atoms with Crippen LogP contribution in [0.3, 0.4) is 0 Å². The summed E-state index contributed by atoms with van der Waals surface area (Å²) < 4.78 is 10.5. The second-order valence-electron chi connectivity index (χ2n) is 5.19. The average Bonchev–Trinajstić information content (AvgIpc) is 2.42. The second-order valence-corrected chi connectivity index (χ2v) is 5.19. The van der Waals surface area contributed by atoms with Gasteiger partial charge in [0.1, 0.15) is 0 Å². The van der Waals surface area contributed by atoms with Crippen molar-refractivity contribution in [1.82, 2.24) is 0 Å². The van der Waals surface area contributed by atoms with E-state index in [2.05, 4.69) is 0 Å². The summed E-state index contributed by atoms with van der Waals surface area (Å²) in [5.41, 5.74) is 0.545. The predicted octanol–water partition coefficient (Wildman–Crippen LogP) is 2.68. The number of carbonyl (C=O) groups is 2. The van der Waals surface area contributed by atoms with Gasteiger partial charge in [-0.05, 0) is 30.4 Å². The van der Waals surface area contributed by atoms with E-state index in [9.17, 15) is 9.59 Å². The van der Waals surface area contributed by atoms with Crippen LogP contribution in [0, 0.1) is 11.8 Å².